The van der Waals surface area contributed by atoms with E-state index in [0.717, 1.165) is 6.42 Å². The second kappa shape index (κ2) is 7.63. The van der Waals surface area contributed by atoms with E-state index < -0.39 is 20.3 Å². The summed E-state index contributed by atoms with van der Waals surface area (Å²) in [4.78, 5) is 0. The maximum atomic E-state index is 13.6. The molecule has 0 bridgehead atoms. The molecular formula is C15H24F2OSi. The van der Waals surface area contributed by atoms with Crippen molar-refractivity contribution in [2.24, 2.45) is 5.41 Å². The van der Waals surface area contributed by atoms with E-state index in [-0.39, 0.29) is 16.9 Å². The van der Waals surface area contributed by atoms with Crippen LogP contribution in [0.15, 0.2) is 18.2 Å². The van der Waals surface area contributed by atoms with Crippen LogP contribution in [-0.4, -0.2) is 8.68 Å². The average molecular weight is 286 g/mol. The Balaban J connectivity index is 0.000000711. The SMILES string of the molecule is CCC(c1c(F)cccc1F)C(C)(C)C.C[Si](C)=O. The van der Waals surface area contributed by atoms with Gasteiger partial charge in [-0.05, 0) is 43.0 Å². The van der Waals surface area contributed by atoms with Crippen LogP contribution in [0.4, 0.5) is 8.78 Å². The molecule has 0 amide bonds. The number of rotatable bonds is 2. The lowest BCUT2D eigenvalue weighted by Crippen LogP contribution is -2.20. The summed E-state index contributed by atoms with van der Waals surface area (Å²) in [6, 6.07) is 4.06. The van der Waals surface area contributed by atoms with Gasteiger partial charge in [-0.15, -0.1) is 0 Å². The molecule has 0 saturated carbocycles. The third kappa shape index (κ3) is 6.19. The summed E-state index contributed by atoms with van der Waals surface area (Å²) < 4.78 is 36.8. The van der Waals surface area contributed by atoms with E-state index in [1.165, 1.54) is 18.2 Å². The molecule has 1 unspecified atom stereocenters. The Labute approximate surface area is 116 Å². The third-order valence-electron chi connectivity index (χ3n) is 2.80. The summed E-state index contributed by atoms with van der Waals surface area (Å²) in [6.07, 6.45) is 0.737. The van der Waals surface area contributed by atoms with Gasteiger partial charge in [0.15, 0.2) is 0 Å². The summed E-state index contributed by atoms with van der Waals surface area (Å²) in [5.74, 6) is -0.952. The molecule has 4 heteroatoms. The van der Waals surface area contributed by atoms with Crippen molar-refractivity contribution in [3.05, 3.63) is 35.4 Å². The Morgan fingerprint density at radius 2 is 1.53 bits per heavy atom. The Morgan fingerprint density at radius 3 is 1.79 bits per heavy atom. The van der Waals surface area contributed by atoms with Gasteiger partial charge in [-0.1, -0.05) is 33.8 Å². The predicted octanol–water partition coefficient (Wildman–Crippen LogP) is 5.17. The van der Waals surface area contributed by atoms with E-state index in [1.807, 2.05) is 27.7 Å². The monoisotopic (exact) mass is 286 g/mol. The average Bonchev–Trinajstić information content (AvgIpc) is 2.20. The molecule has 0 aromatic heterocycles. The van der Waals surface area contributed by atoms with Crippen molar-refractivity contribution >= 4 is 8.68 Å². The van der Waals surface area contributed by atoms with E-state index in [0.29, 0.717) is 0 Å². The number of hydrogen-bond donors (Lipinski definition) is 0. The van der Waals surface area contributed by atoms with E-state index in [1.54, 1.807) is 13.1 Å². The second-order valence-corrected chi connectivity index (χ2v) is 7.69. The summed E-state index contributed by atoms with van der Waals surface area (Å²) in [7, 11) is -1.13. The highest BCUT2D eigenvalue weighted by atomic mass is 28.2. The van der Waals surface area contributed by atoms with Crippen LogP contribution in [0.2, 0.25) is 13.1 Å². The molecular weight excluding hydrogens is 262 g/mol. The van der Waals surface area contributed by atoms with Crippen LogP contribution in [0.25, 0.3) is 0 Å². The molecule has 1 nitrogen and oxygen atoms in total. The van der Waals surface area contributed by atoms with Crippen molar-refractivity contribution in [1.82, 2.24) is 0 Å². The Bertz CT molecular complexity index is 400. The van der Waals surface area contributed by atoms with Gasteiger partial charge in [0.05, 0.1) is 0 Å². The fourth-order valence-electron chi connectivity index (χ4n) is 2.09. The first kappa shape index (κ1) is 18.1. The van der Waals surface area contributed by atoms with Crippen LogP contribution in [0.5, 0.6) is 0 Å². The van der Waals surface area contributed by atoms with Gasteiger partial charge in [0.1, 0.15) is 11.6 Å². The van der Waals surface area contributed by atoms with Gasteiger partial charge < -0.3 is 4.46 Å². The van der Waals surface area contributed by atoms with Crippen molar-refractivity contribution in [2.45, 2.75) is 53.1 Å². The molecule has 0 fully saturated rings. The van der Waals surface area contributed by atoms with Crippen LogP contribution in [0.1, 0.15) is 45.6 Å². The van der Waals surface area contributed by atoms with Crippen molar-refractivity contribution in [2.75, 3.05) is 0 Å². The molecule has 1 atom stereocenters. The van der Waals surface area contributed by atoms with Crippen LogP contribution in [0.3, 0.4) is 0 Å². The molecule has 0 saturated heterocycles. The number of benzene rings is 1. The molecule has 0 aliphatic heterocycles. The second-order valence-electron chi connectivity index (χ2n) is 5.87. The highest BCUT2D eigenvalue weighted by molar-refractivity contribution is 6.38. The molecule has 0 aliphatic carbocycles. The van der Waals surface area contributed by atoms with E-state index >= 15 is 0 Å². The summed E-state index contributed by atoms with van der Waals surface area (Å²) in [6.45, 7) is 11.4. The Morgan fingerprint density at radius 1 is 1.16 bits per heavy atom. The summed E-state index contributed by atoms with van der Waals surface area (Å²) >= 11 is 0. The fraction of sp³-hybridized carbons (Fsp3) is 0.600. The lowest BCUT2D eigenvalue weighted by Gasteiger charge is -2.30. The van der Waals surface area contributed by atoms with Crippen LogP contribution < -0.4 is 0 Å². The molecule has 19 heavy (non-hydrogen) atoms. The fourth-order valence-corrected chi connectivity index (χ4v) is 2.09. The molecule has 108 valence electrons. The van der Waals surface area contributed by atoms with E-state index in [9.17, 15) is 13.2 Å². The van der Waals surface area contributed by atoms with Crippen LogP contribution in [-0.2, 0) is 4.46 Å². The van der Waals surface area contributed by atoms with Gasteiger partial charge in [0.2, 0.25) is 0 Å². The lowest BCUT2D eigenvalue weighted by molar-refractivity contribution is 0.297. The minimum atomic E-state index is -1.13. The number of hydrogen-bond acceptors (Lipinski definition) is 1. The van der Waals surface area contributed by atoms with Crippen molar-refractivity contribution in [1.29, 1.82) is 0 Å². The van der Waals surface area contributed by atoms with Crippen LogP contribution in [0, 0.1) is 17.0 Å². The predicted molar refractivity (Wildman–Crippen MR) is 77.0 cm³/mol. The normalized spacial score (nSPS) is 12.4. The van der Waals surface area contributed by atoms with Crippen molar-refractivity contribution in [3.8, 4) is 0 Å². The zero-order chi connectivity index (χ0) is 15.2. The van der Waals surface area contributed by atoms with Gasteiger partial charge in [0.25, 0.3) is 8.68 Å². The molecule has 0 spiro atoms. The number of halogens is 2. The van der Waals surface area contributed by atoms with Gasteiger partial charge >= 0.3 is 0 Å². The molecule has 0 aliphatic rings. The molecule has 0 heterocycles. The first-order valence-corrected chi connectivity index (χ1v) is 8.93. The maximum Gasteiger partial charge on any atom is 0.270 e. The lowest BCUT2D eigenvalue weighted by atomic mass is 9.74. The summed E-state index contributed by atoms with van der Waals surface area (Å²) in [5.41, 5.74) is 0.102. The van der Waals surface area contributed by atoms with Gasteiger partial charge in [0, 0.05) is 5.56 Å². The molecule has 0 N–H and O–H groups in total. The first-order valence-electron chi connectivity index (χ1n) is 6.52. The quantitative estimate of drug-likeness (QED) is 0.685. The third-order valence-corrected chi connectivity index (χ3v) is 2.80. The largest absolute Gasteiger partial charge is 0.389 e. The molecule has 1 aromatic rings. The van der Waals surface area contributed by atoms with Crippen molar-refractivity contribution in [3.63, 3.8) is 0 Å². The van der Waals surface area contributed by atoms with Gasteiger partial charge in [-0.25, -0.2) is 8.78 Å². The zero-order valence-electron chi connectivity index (χ0n) is 12.7. The maximum absolute atomic E-state index is 13.6. The molecule has 0 radical (unpaired) electrons. The Kier molecular flexibility index (Phi) is 7.27. The Hall–Kier alpha value is -0.903. The highest BCUT2D eigenvalue weighted by Crippen LogP contribution is 2.39. The minimum Gasteiger partial charge on any atom is -0.389 e. The standard InChI is InChI=1S/C13H18F2.C2H6OSi/c1-5-9(13(2,3)4)12-10(14)7-6-8-11(12)15;1-4(2)3/h6-9H,5H2,1-4H3;1-2H3. The topological polar surface area (TPSA) is 17.1 Å². The zero-order valence-corrected chi connectivity index (χ0v) is 13.7. The van der Waals surface area contributed by atoms with E-state index in [2.05, 4.69) is 0 Å². The first-order chi connectivity index (χ1) is 8.61. The highest BCUT2D eigenvalue weighted by Gasteiger charge is 2.29. The molecule has 1 rings (SSSR count). The smallest absolute Gasteiger partial charge is 0.270 e. The minimum absolute atomic E-state index is 0.0845. The van der Waals surface area contributed by atoms with Crippen LogP contribution >= 0.6 is 0 Å². The summed E-state index contributed by atoms with van der Waals surface area (Å²) in [5, 5.41) is 0. The molecule has 1 aromatic carbocycles. The van der Waals surface area contributed by atoms with Gasteiger partial charge in [-0.3, -0.25) is 0 Å². The van der Waals surface area contributed by atoms with Crippen molar-refractivity contribution < 1.29 is 13.2 Å². The van der Waals surface area contributed by atoms with E-state index in [4.69, 9.17) is 0 Å². The van der Waals surface area contributed by atoms with Gasteiger partial charge in [-0.2, -0.15) is 0 Å².